The van der Waals surface area contributed by atoms with Gasteiger partial charge in [0.15, 0.2) is 0 Å². The van der Waals surface area contributed by atoms with Gasteiger partial charge in [0, 0.05) is 77.5 Å². The van der Waals surface area contributed by atoms with Crippen molar-refractivity contribution in [3.05, 3.63) is 288 Å². The van der Waals surface area contributed by atoms with E-state index in [4.69, 9.17) is 77.2 Å². The van der Waals surface area contributed by atoms with Crippen LogP contribution in [0, 0.1) is 0 Å². The van der Waals surface area contributed by atoms with Gasteiger partial charge in [-0.05, 0) is 187 Å². The molecule has 0 radical (unpaired) electrons. The summed E-state index contributed by atoms with van der Waals surface area (Å²) < 4.78 is 78.4. The van der Waals surface area contributed by atoms with E-state index >= 15 is 0 Å². The van der Waals surface area contributed by atoms with Crippen LogP contribution in [0.5, 0.6) is 46.0 Å². The number of rotatable bonds is 0. The Bertz CT molecular complexity index is 7050. The van der Waals surface area contributed by atoms with Crippen molar-refractivity contribution in [2.75, 3.05) is 106 Å². The van der Waals surface area contributed by atoms with Gasteiger partial charge in [-0.1, -0.05) is 189 Å². The zero-order chi connectivity index (χ0) is 98.8. The summed E-state index contributed by atoms with van der Waals surface area (Å²) in [5, 5.41) is 46.7. The van der Waals surface area contributed by atoms with Crippen molar-refractivity contribution in [3.63, 3.8) is 0 Å². The highest BCUT2D eigenvalue weighted by atomic mass is 16.6. The number of hydrogen-bond acceptors (Lipinski definition) is 20. The molecule has 8 aliphatic rings. The highest BCUT2D eigenvalue weighted by molar-refractivity contribution is 6.26. The Labute approximate surface area is 834 Å². The third kappa shape index (κ3) is 21.3. The van der Waals surface area contributed by atoms with Crippen LogP contribution in [-0.2, 0) is 66.8 Å². The summed E-state index contributed by atoms with van der Waals surface area (Å²) in [5.74, 6) is 5.91. The third-order valence-corrected chi connectivity index (χ3v) is 26.5. The summed E-state index contributed by atoms with van der Waals surface area (Å²) in [7, 11) is 0. The molecule has 16 heterocycles. The number of aromatic amines is 4. The van der Waals surface area contributed by atoms with Crippen molar-refractivity contribution in [1.82, 2.24) is 79.9 Å². The fourth-order valence-corrected chi connectivity index (χ4v) is 18.6. The largest absolute Gasteiger partial charge is 0.491 e. The van der Waals surface area contributed by atoms with Gasteiger partial charge in [0.25, 0.3) is 0 Å². The van der Waals surface area contributed by atoms with Gasteiger partial charge < -0.3 is 76.8 Å². The quantitative estimate of drug-likeness (QED) is 0.110. The Morgan fingerprint density at radius 2 is 0.410 bits per heavy atom. The molecule has 0 amide bonds. The Morgan fingerprint density at radius 1 is 0.208 bits per heavy atom. The summed E-state index contributed by atoms with van der Waals surface area (Å²) >= 11 is 0. The Kier molecular flexibility index (Phi) is 26.7. The van der Waals surface area contributed by atoms with Crippen molar-refractivity contribution in [1.29, 1.82) is 0 Å². The Morgan fingerprint density at radius 3 is 0.611 bits per heavy atom. The maximum atomic E-state index is 5.99. The molecule has 0 atom stereocenters. The molecule has 20 aromatic rings. The molecule has 0 aliphatic carbocycles. The molecule has 0 saturated carbocycles. The van der Waals surface area contributed by atoms with Gasteiger partial charge in [-0.3, -0.25) is 0 Å². The highest BCUT2D eigenvalue weighted by Gasteiger charge is 2.29. The molecule has 736 valence electrons. The summed E-state index contributed by atoms with van der Waals surface area (Å²) in [4.78, 5) is 15.6. The van der Waals surface area contributed by atoms with Gasteiger partial charge in [0.05, 0.1) is 148 Å². The number of hydrogen-bond donors (Lipinski definition) is 4. The topological polar surface area (TPSA) is 297 Å². The van der Waals surface area contributed by atoms with E-state index in [1.54, 1.807) is 0 Å². The van der Waals surface area contributed by atoms with Crippen molar-refractivity contribution in [3.8, 4) is 91.0 Å². The number of H-pyrrole nitrogens is 4. The average molecular weight is 1930 g/mol. The predicted octanol–water partition coefficient (Wildman–Crippen LogP) is 22.9. The highest BCUT2D eigenvalue weighted by Crippen LogP contribution is 2.47. The Balaban J connectivity index is 0.000000170. The van der Waals surface area contributed by atoms with Crippen LogP contribution < -0.4 is 37.9 Å². The van der Waals surface area contributed by atoms with Gasteiger partial charge in [-0.15, -0.1) is 20.4 Å². The van der Waals surface area contributed by atoms with E-state index in [-0.39, 0.29) is 21.7 Å². The lowest BCUT2D eigenvalue weighted by Crippen LogP contribution is -2.13. The molecular weight excluding hydrogens is 1810 g/mol. The first-order valence-electron chi connectivity index (χ1n) is 49.5. The standard InChI is InChI=1S/2C58H60N8O6/c2*1-57(2,3)39-28-47-45-18-19-46-48-29-40(58(4,5)6)31-50-52-36-66(64-62-52)34-38-12-16-42(17-13-38)70-25-21-68-23-27-72-44-9-7-8-43(32-44)71-26-22-67-20-24-69-41-14-10-37(11-15-41)33-65-35-51(61-63-65)49(30-39)53(47)59-55(45)56(46)60-54(48)50/h2*7-19,28-32,35-36,59-60H,20-27,33-34H2,1-6H3. The predicted molar refractivity (Wildman–Crippen MR) is 563 cm³/mol. The zero-order valence-electron chi connectivity index (χ0n) is 83.5. The van der Waals surface area contributed by atoms with Gasteiger partial charge in [0.2, 0.25) is 0 Å². The summed E-state index contributed by atoms with van der Waals surface area (Å²) in [6.45, 7) is 36.0. The fraction of sp³-hybridized carbons (Fsp3) is 0.310. The molecule has 28 bridgehead atoms. The SMILES string of the molecule is CC(C)(C)c1cc2c3[nH]c4c(ccc5c6cc(C(C)(C)C)cc(c6[nH]c54)-c4cn(nn4)Cc4ccc(cc4)OCCOCCOc4cccc(c4)OCCOCCOc4ccc(cc4)Cn4cc-2nn4)c3c1.CC(C)(C)c1cc2c3[nH]c4c(ccc5c6cc(C(C)(C)C)cc(c6[nH]c54)-c4cn(nn4)Cc4ccc(cc4)OCCOCCOc4cccc(c4)OCCOCCOc4ccc(cc4)Cn4cc-2nn4)c3c1. The number of fused-ring (bicyclic) bond motifs is 4. The molecule has 12 aromatic carbocycles. The molecule has 28 heteroatoms. The van der Waals surface area contributed by atoms with Crippen LogP contribution in [0.2, 0.25) is 0 Å². The lowest BCUT2D eigenvalue weighted by molar-refractivity contribution is 0.0747. The second kappa shape index (κ2) is 40.6. The maximum absolute atomic E-state index is 5.99. The second-order valence-corrected chi connectivity index (χ2v) is 41.1. The van der Waals surface area contributed by atoms with Crippen molar-refractivity contribution in [2.24, 2.45) is 0 Å². The van der Waals surface area contributed by atoms with Crippen LogP contribution in [-0.4, -0.2) is 186 Å². The minimum absolute atomic E-state index is 0.116. The molecule has 8 aromatic heterocycles. The zero-order valence-corrected chi connectivity index (χ0v) is 83.5. The number of nitrogens with zero attached hydrogens (tertiary/aromatic N) is 12. The van der Waals surface area contributed by atoms with Crippen LogP contribution in [0.4, 0.5) is 0 Å². The first-order chi connectivity index (χ1) is 69.8. The maximum Gasteiger partial charge on any atom is 0.123 e. The van der Waals surface area contributed by atoms with E-state index in [0.717, 1.165) is 178 Å². The van der Waals surface area contributed by atoms with Crippen LogP contribution >= 0.6 is 0 Å². The van der Waals surface area contributed by atoms with Crippen molar-refractivity contribution in [2.45, 2.75) is 131 Å². The minimum atomic E-state index is -0.116. The van der Waals surface area contributed by atoms with Crippen LogP contribution in [0.25, 0.3) is 132 Å². The molecular formula is C116H120N16O12. The number of ether oxygens (including phenoxy) is 12. The van der Waals surface area contributed by atoms with E-state index in [1.165, 1.54) is 22.3 Å². The molecule has 28 rings (SSSR count). The van der Waals surface area contributed by atoms with Gasteiger partial charge in [-0.2, -0.15) is 0 Å². The van der Waals surface area contributed by atoms with E-state index in [9.17, 15) is 0 Å². The average Bonchev–Trinajstić information content (AvgIpc) is 1.56. The van der Waals surface area contributed by atoms with Crippen LogP contribution in [0.15, 0.2) is 243 Å². The monoisotopic (exact) mass is 1930 g/mol. The van der Waals surface area contributed by atoms with Crippen molar-refractivity contribution < 1.29 is 56.8 Å². The summed E-state index contributed by atoms with van der Waals surface area (Å²) in [6.07, 6.45) is 8.15. The first kappa shape index (κ1) is 94.9. The van der Waals surface area contributed by atoms with E-state index in [2.05, 4.69) is 245 Å². The number of nitrogens with one attached hydrogen (secondary N) is 4. The molecule has 0 spiro atoms. The van der Waals surface area contributed by atoms with Crippen LogP contribution in [0.3, 0.4) is 0 Å². The molecule has 144 heavy (non-hydrogen) atoms. The summed E-state index contributed by atoms with van der Waals surface area (Å²) in [5.41, 5.74) is 24.1. The molecule has 0 fully saturated rings. The third-order valence-electron chi connectivity index (χ3n) is 26.5. The van der Waals surface area contributed by atoms with E-state index < -0.39 is 0 Å². The molecule has 28 nitrogen and oxygen atoms in total. The normalized spacial score (nSPS) is 14.9. The van der Waals surface area contributed by atoms with E-state index in [0.29, 0.717) is 155 Å². The summed E-state index contributed by atoms with van der Waals surface area (Å²) in [6, 6.07) is 74.8. The van der Waals surface area contributed by atoms with Gasteiger partial charge >= 0.3 is 0 Å². The second-order valence-electron chi connectivity index (χ2n) is 41.1. The lowest BCUT2D eigenvalue weighted by Gasteiger charge is -2.20. The molecule has 4 N–H and O–H groups in total. The van der Waals surface area contributed by atoms with Gasteiger partial charge in [-0.25, -0.2) is 18.7 Å². The van der Waals surface area contributed by atoms with Crippen LogP contribution in [0.1, 0.15) is 128 Å². The Hall–Kier alpha value is -15.4. The molecule has 0 saturated heterocycles. The first-order valence-corrected chi connectivity index (χ1v) is 49.5. The molecule has 8 aliphatic heterocycles. The number of benzene rings is 12. The molecule has 0 unspecified atom stereocenters. The fourth-order valence-electron chi connectivity index (χ4n) is 18.6. The lowest BCUT2D eigenvalue weighted by atomic mass is 9.84. The minimum Gasteiger partial charge on any atom is -0.491 e. The van der Waals surface area contributed by atoms with Gasteiger partial charge in [0.1, 0.15) is 122 Å². The number of aromatic nitrogens is 16. The van der Waals surface area contributed by atoms with Crippen molar-refractivity contribution >= 4 is 87.2 Å². The van der Waals surface area contributed by atoms with E-state index in [1.807, 2.05) is 141 Å². The smallest absolute Gasteiger partial charge is 0.123 e.